The zero-order chi connectivity index (χ0) is 15.1. The van der Waals surface area contributed by atoms with Crippen molar-refractivity contribution in [1.82, 2.24) is 0 Å². The van der Waals surface area contributed by atoms with E-state index < -0.39 is 0 Å². The van der Waals surface area contributed by atoms with Gasteiger partial charge in [0, 0.05) is 21.3 Å². The van der Waals surface area contributed by atoms with Crippen LogP contribution in [0.5, 0.6) is 11.5 Å². The van der Waals surface area contributed by atoms with Gasteiger partial charge in [-0.3, -0.25) is 0 Å². The van der Waals surface area contributed by atoms with Gasteiger partial charge in [-0.25, -0.2) is 0 Å². The molecule has 3 heterocycles. The predicted octanol–water partition coefficient (Wildman–Crippen LogP) is 5.51. The van der Waals surface area contributed by atoms with Crippen molar-refractivity contribution in [2.24, 2.45) is 0 Å². The number of aromatic hydroxyl groups is 2. The Labute approximate surface area is 145 Å². The van der Waals surface area contributed by atoms with Crippen LogP contribution < -0.4 is 0 Å². The van der Waals surface area contributed by atoms with Crippen LogP contribution in [0.25, 0.3) is 0 Å². The maximum absolute atomic E-state index is 7.07. The van der Waals surface area contributed by atoms with Gasteiger partial charge < -0.3 is 10.2 Å². The molecule has 0 radical (unpaired) electrons. The first-order chi connectivity index (χ1) is 10.8. The summed E-state index contributed by atoms with van der Waals surface area (Å²) < 4.78 is 19.6. The maximum Gasteiger partial charge on any atom is 0.293 e. The standard InChI is InChI=1S/C12H8O2S6/c13-5-3-7-8(4-6(5)14)18-11(17-7)12-19-9-10(20-12)16-2-1-15-9/h3-4,13-14H,1-2H2/i/hD2. The molecule has 3 aliphatic rings. The first-order valence-electron chi connectivity index (χ1n) is 6.50. The number of rotatable bonds is 2. The van der Waals surface area contributed by atoms with Gasteiger partial charge in [0.25, 0.3) is 2.86 Å². The molecule has 20 heavy (non-hydrogen) atoms. The SMILES string of the molecule is [2H]Oc1cc2c(cc1O[2H])SC(=C1SC3=C(SCCS3)S1)S2. The fourth-order valence-electron chi connectivity index (χ4n) is 1.79. The van der Waals surface area contributed by atoms with Crippen LogP contribution in [0.15, 0.2) is 38.9 Å². The number of thioether (sulfide) groups is 6. The van der Waals surface area contributed by atoms with E-state index in [9.17, 15) is 0 Å². The number of fused-ring (bicyclic) bond motifs is 1. The molecular weight excluding hydrogens is 369 g/mol. The van der Waals surface area contributed by atoms with E-state index in [4.69, 9.17) is 2.86 Å². The first-order valence-corrected chi connectivity index (χ1v) is 10.9. The summed E-state index contributed by atoms with van der Waals surface area (Å²) in [5, 5.41) is 9.08. The maximum atomic E-state index is 7.07. The zero-order valence-electron chi connectivity index (χ0n) is 11.8. The molecule has 1 aromatic carbocycles. The van der Waals surface area contributed by atoms with Gasteiger partial charge in [-0.15, -0.1) is 23.5 Å². The summed E-state index contributed by atoms with van der Waals surface area (Å²) in [6.45, 7) is 0. The number of hydrogen-bond donors (Lipinski definition) is 2. The molecule has 2 nitrogen and oxygen atoms in total. The van der Waals surface area contributed by atoms with Gasteiger partial charge in [-0.05, 0) is 12.1 Å². The summed E-state index contributed by atoms with van der Waals surface area (Å²) in [5.74, 6) is 2.94. The Balaban J connectivity index is 1.61. The number of phenolic OH excluding ortho intramolecular Hbond substituents is 2. The van der Waals surface area contributed by atoms with E-state index in [1.54, 1.807) is 35.7 Å². The molecule has 0 bridgehead atoms. The molecule has 0 aromatic heterocycles. The Morgan fingerprint density at radius 2 is 1.25 bits per heavy atom. The van der Waals surface area contributed by atoms with Crippen molar-refractivity contribution in [1.29, 1.82) is 2.86 Å². The Morgan fingerprint density at radius 1 is 0.750 bits per heavy atom. The summed E-state index contributed by atoms with van der Waals surface area (Å²) in [6, 6.07) is 3.55. The van der Waals surface area contributed by atoms with Crippen LogP contribution in [0.4, 0.5) is 0 Å². The average Bonchev–Trinajstić information content (AvgIpc) is 3.16. The van der Waals surface area contributed by atoms with E-state index in [0.717, 1.165) is 9.79 Å². The molecule has 0 saturated heterocycles. The van der Waals surface area contributed by atoms with Crippen LogP contribution in [0.1, 0.15) is 0 Å². The monoisotopic (exact) mass is 378 g/mol. The third-order valence-corrected chi connectivity index (χ3v) is 11.5. The molecule has 0 fully saturated rings. The molecule has 0 saturated carbocycles. The molecule has 0 amide bonds. The molecule has 0 atom stereocenters. The van der Waals surface area contributed by atoms with Crippen LogP contribution in [0.2, 0.25) is 0 Å². The highest BCUT2D eigenvalue weighted by Gasteiger charge is 2.30. The Bertz CT molecular complexity index is 650. The van der Waals surface area contributed by atoms with Crippen LogP contribution in [0, 0.1) is 0 Å². The molecule has 0 spiro atoms. The molecule has 0 unspecified atom stereocenters. The lowest BCUT2D eigenvalue weighted by molar-refractivity contribution is 0.401. The third-order valence-electron chi connectivity index (χ3n) is 2.67. The summed E-state index contributed by atoms with van der Waals surface area (Å²) in [7, 11) is 0. The van der Waals surface area contributed by atoms with Gasteiger partial charge in [0.2, 0.25) is 0 Å². The van der Waals surface area contributed by atoms with Crippen LogP contribution in [-0.4, -0.2) is 24.6 Å². The predicted molar refractivity (Wildman–Crippen MR) is 95.6 cm³/mol. The number of benzene rings is 1. The van der Waals surface area contributed by atoms with Gasteiger partial charge in [0.15, 0.2) is 11.5 Å². The van der Waals surface area contributed by atoms with Crippen molar-refractivity contribution in [2.75, 3.05) is 11.5 Å². The Morgan fingerprint density at radius 3 is 1.75 bits per heavy atom. The van der Waals surface area contributed by atoms with Crippen molar-refractivity contribution in [3.05, 3.63) is 29.1 Å². The molecule has 104 valence electrons. The van der Waals surface area contributed by atoms with Gasteiger partial charge in [0.05, 0.1) is 16.9 Å². The molecule has 4 rings (SSSR count). The summed E-state index contributed by atoms with van der Waals surface area (Å²) >= 11 is 11.0. The van der Waals surface area contributed by atoms with Gasteiger partial charge in [-0.1, -0.05) is 47.0 Å². The highest BCUT2D eigenvalue weighted by Crippen LogP contribution is 2.65. The molecule has 3 aliphatic heterocycles. The van der Waals surface area contributed by atoms with Crippen LogP contribution >= 0.6 is 70.6 Å². The molecule has 1 aromatic rings. The quantitative estimate of drug-likeness (QED) is 0.653. The highest BCUT2D eigenvalue weighted by atomic mass is 32.3. The fourth-order valence-corrected chi connectivity index (χ4v) is 10.6. The summed E-state index contributed by atoms with van der Waals surface area (Å²) in [5.41, 5.74) is 0. The van der Waals surface area contributed by atoms with E-state index >= 15 is 0 Å². The summed E-state index contributed by atoms with van der Waals surface area (Å²) in [6.07, 6.45) is 0. The second-order valence-electron chi connectivity index (χ2n) is 4.00. The minimum absolute atomic E-state index is 0.281. The molecular formula is C12H8O2S6. The first kappa shape index (κ1) is 11.9. The number of phenols is 2. The second-order valence-corrected chi connectivity index (χ2v) is 11.4. The van der Waals surface area contributed by atoms with Crippen molar-refractivity contribution in [2.45, 2.75) is 9.79 Å². The van der Waals surface area contributed by atoms with Crippen molar-refractivity contribution < 1.29 is 10.2 Å². The van der Waals surface area contributed by atoms with Gasteiger partial charge >= 0.3 is 0 Å². The average molecular weight is 379 g/mol. The minimum atomic E-state index is 0.281. The third kappa shape index (κ3) is 2.48. The normalized spacial score (nSPS) is 22.4. The lowest BCUT2D eigenvalue weighted by atomic mass is 10.3. The van der Waals surface area contributed by atoms with E-state index in [1.165, 1.54) is 28.5 Å². The molecule has 0 aliphatic carbocycles. The van der Waals surface area contributed by atoms with Gasteiger partial charge in [0.1, 0.15) is 0 Å². The Hall–Kier alpha value is 0.400. The van der Waals surface area contributed by atoms with Crippen molar-refractivity contribution in [3.63, 3.8) is 0 Å². The Kier molecular flexibility index (Phi) is 3.30. The van der Waals surface area contributed by atoms with E-state index in [-0.39, 0.29) is 11.5 Å². The summed E-state index contributed by atoms with van der Waals surface area (Å²) in [4.78, 5) is 2.11. The number of hydrogen-bond acceptors (Lipinski definition) is 8. The smallest absolute Gasteiger partial charge is 0.293 e. The zero-order valence-corrected chi connectivity index (χ0v) is 14.7. The lowest BCUT2D eigenvalue weighted by Crippen LogP contribution is -1.88. The van der Waals surface area contributed by atoms with E-state index in [1.807, 2.05) is 47.0 Å². The fraction of sp³-hybridized carbons (Fsp3) is 0.167. The van der Waals surface area contributed by atoms with Crippen LogP contribution in [-0.2, 0) is 0 Å². The molecule has 2 N–H and O–H groups in total. The van der Waals surface area contributed by atoms with Crippen molar-refractivity contribution >= 4 is 70.6 Å². The van der Waals surface area contributed by atoms with Crippen molar-refractivity contribution in [3.8, 4) is 11.5 Å². The van der Waals surface area contributed by atoms with E-state index in [0.29, 0.717) is 0 Å². The topological polar surface area (TPSA) is 40.5 Å². The largest absolute Gasteiger partial charge is 0.504 e. The van der Waals surface area contributed by atoms with Crippen LogP contribution in [0.3, 0.4) is 0 Å². The lowest BCUT2D eigenvalue weighted by Gasteiger charge is -2.08. The molecule has 8 heteroatoms. The second kappa shape index (κ2) is 5.55. The highest BCUT2D eigenvalue weighted by molar-refractivity contribution is 8.42. The van der Waals surface area contributed by atoms with Gasteiger partial charge in [-0.2, -0.15) is 0 Å². The minimum Gasteiger partial charge on any atom is -0.504 e. The van der Waals surface area contributed by atoms with E-state index in [2.05, 4.69) is 10.2 Å².